The smallest absolute Gasteiger partial charge is 0.258 e. The first kappa shape index (κ1) is 18.1. The van der Waals surface area contributed by atoms with Gasteiger partial charge in [-0.2, -0.15) is 0 Å². The summed E-state index contributed by atoms with van der Waals surface area (Å²) in [5, 5.41) is 4.43. The molecule has 0 unspecified atom stereocenters. The van der Waals surface area contributed by atoms with Gasteiger partial charge in [0.1, 0.15) is 22.8 Å². The Labute approximate surface area is 166 Å². The topological polar surface area (TPSA) is 64.4 Å². The van der Waals surface area contributed by atoms with Gasteiger partial charge in [-0.3, -0.25) is 9.78 Å². The summed E-state index contributed by atoms with van der Waals surface area (Å²) in [5.41, 5.74) is 1.66. The van der Waals surface area contributed by atoms with E-state index in [1.165, 1.54) is 0 Å². The molecule has 2 heterocycles. The van der Waals surface area contributed by atoms with Crippen LogP contribution in [0.15, 0.2) is 77.3 Å². The molecule has 2 aromatic heterocycles. The van der Waals surface area contributed by atoms with Gasteiger partial charge in [-0.25, -0.2) is 0 Å². The van der Waals surface area contributed by atoms with Gasteiger partial charge >= 0.3 is 0 Å². The second-order valence-corrected chi connectivity index (χ2v) is 6.61. The third kappa shape index (κ3) is 4.15. The Kier molecular flexibility index (Phi) is 5.26. The first-order valence-electron chi connectivity index (χ1n) is 8.77. The predicted molar refractivity (Wildman–Crippen MR) is 108 cm³/mol. The van der Waals surface area contributed by atoms with E-state index in [2.05, 4.69) is 10.3 Å². The molecule has 0 aliphatic carbocycles. The van der Waals surface area contributed by atoms with Gasteiger partial charge in [-0.05, 0) is 48.5 Å². The summed E-state index contributed by atoms with van der Waals surface area (Å²) >= 11 is 5.90. The SMILES string of the molecule is O=C(COc1cccc2cccnc12)NCc1ccc(-c2ccc(Cl)cc2)o1. The van der Waals surface area contributed by atoms with Crippen molar-refractivity contribution < 1.29 is 13.9 Å². The zero-order chi connectivity index (χ0) is 19.3. The summed E-state index contributed by atoms with van der Waals surface area (Å²) in [4.78, 5) is 16.4. The van der Waals surface area contributed by atoms with E-state index in [0.717, 1.165) is 22.2 Å². The fourth-order valence-corrected chi connectivity index (χ4v) is 2.94. The number of nitrogens with one attached hydrogen (secondary N) is 1. The fraction of sp³-hybridized carbons (Fsp3) is 0.0909. The lowest BCUT2D eigenvalue weighted by Gasteiger charge is -2.08. The van der Waals surface area contributed by atoms with Gasteiger partial charge in [0.15, 0.2) is 6.61 Å². The number of furan rings is 1. The fourth-order valence-electron chi connectivity index (χ4n) is 2.81. The summed E-state index contributed by atoms with van der Waals surface area (Å²) in [6, 6.07) is 20.5. The molecule has 0 aliphatic heterocycles. The zero-order valence-corrected chi connectivity index (χ0v) is 15.6. The monoisotopic (exact) mass is 392 g/mol. The molecule has 0 fully saturated rings. The molecule has 1 N–H and O–H groups in total. The molecular formula is C22H17ClN2O3. The molecule has 0 saturated carbocycles. The maximum atomic E-state index is 12.1. The van der Waals surface area contributed by atoms with E-state index in [-0.39, 0.29) is 19.1 Å². The van der Waals surface area contributed by atoms with Crippen LogP contribution >= 0.6 is 11.6 Å². The van der Waals surface area contributed by atoms with Gasteiger partial charge in [0.25, 0.3) is 5.91 Å². The average molecular weight is 393 g/mol. The molecule has 0 atom stereocenters. The number of hydrogen-bond acceptors (Lipinski definition) is 4. The molecule has 28 heavy (non-hydrogen) atoms. The third-order valence-electron chi connectivity index (χ3n) is 4.20. The number of nitrogens with zero attached hydrogens (tertiary/aromatic N) is 1. The quantitative estimate of drug-likeness (QED) is 0.509. The van der Waals surface area contributed by atoms with Gasteiger partial charge in [-0.15, -0.1) is 0 Å². The summed E-state index contributed by atoms with van der Waals surface area (Å²) < 4.78 is 11.4. The van der Waals surface area contributed by atoms with Crippen molar-refractivity contribution in [3.8, 4) is 17.1 Å². The van der Waals surface area contributed by atoms with Crippen LogP contribution in [0.1, 0.15) is 5.76 Å². The molecule has 0 radical (unpaired) electrons. The lowest BCUT2D eigenvalue weighted by Crippen LogP contribution is -2.28. The first-order chi connectivity index (χ1) is 13.7. The number of pyridine rings is 1. The largest absolute Gasteiger partial charge is 0.481 e. The maximum absolute atomic E-state index is 12.1. The highest BCUT2D eigenvalue weighted by Crippen LogP contribution is 2.24. The number of ether oxygens (including phenoxy) is 1. The number of para-hydroxylation sites is 1. The molecule has 0 aliphatic rings. The third-order valence-corrected chi connectivity index (χ3v) is 4.46. The minimum atomic E-state index is -0.239. The molecule has 2 aromatic carbocycles. The minimum Gasteiger partial charge on any atom is -0.481 e. The van der Waals surface area contributed by atoms with Crippen molar-refractivity contribution in [2.24, 2.45) is 0 Å². The van der Waals surface area contributed by atoms with Crippen LogP contribution in [0, 0.1) is 0 Å². The first-order valence-corrected chi connectivity index (χ1v) is 9.15. The van der Waals surface area contributed by atoms with Crippen LogP contribution in [0.25, 0.3) is 22.2 Å². The molecule has 4 aromatic rings. The van der Waals surface area contributed by atoms with Crippen molar-refractivity contribution in [1.82, 2.24) is 10.3 Å². The molecule has 0 spiro atoms. The molecule has 5 nitrogen and oxygen atoms in total. The van der Waals surface area contributed by atoms with Crippen LogP contribution in [0.2, 0.25) is 5.02 Å². The van der Waals surface area contributed by atoms with Crippen molar-refractivity contribution in [3.63, 3.8) is 0 Å². The highest BCUT2D eigenvalue weighted by molar-refractivity contribution is 6.30. The van der Waals surface area contributed by atoms with E-state index >= 15 is 0 Å². The Morgan fingerprint density at radius 2 is 1.86 bits per heavy atom. The minimum absolute atomic E-state index is 0.0968. The number of aromatic nitrogens is 1. The van der Waals surface area contributed by atoms with Crippen molar-refractivity contribution in [1.29, 1.82) is 0 Å². The Bertz CT molecular complexity index is 1100. The number of benzene rings is 2. The normalized spacial score (nSPS) is 10.8. The maximum Gasteiger partial charge on any atom is 0.258 e. The summed E-state index contributed by atoms with van der Waals surface area (Å²) in [5.74, 6) is 1.72. The zero-order valence-electron chi connectivity index (χ0n) is 14.9. The molecule has 0 saturated heterocycles. The van der Waals surface area contributed by atoms with E-state index in [1.807, 2.05) is 48.5 Å². The second kappa shape index (κ2) is 8.15. The molecular weight excluding hydrogens is 376 g/mol. The molecule has 1 amide bonds. The Morgan fingerprint density at radius 3 is 2.71 bits per heavy atom. The van der Waals surface area contributed by atoms with Crippen LogP contribution in [0.5, 0.6) is 5.75 Å². The lowest BCUT2D eigenvalue weighted by molar-refractivity contribution is -0.123. The lowest BCUT2D eigenvalue weighted by atomic mass is 10.2. The number of carbonyl (C=O) groups excluding carboxylic acids is 1. The molecule has 6 heteroatoms. The predicted octanol–water partition coefficient (Wildman–Crippen LogP) is 4.84. The number of carbonyl (C=O) groups is 1. The van der Waals surface area contributed by atoms with Crippen LogP contribution in [0.3, 0.4) is 0 Å². The van der Waals surface area contributed by atoms with Crippen LogP contribution < -0.4 is 10.1 Å². The Balaban J connectivity index is 1.33. The molecule has 140 valence electrons. The van der Waals surface area contributed by atoms with E-state index in [1.54, 1.807) is 24.4 Å². The number of amides is 1. The number of halogens is 1. The summed E-state index contributed by atoms with van der Waals surface area (Å²) in [6.45, 7) is 0.185. The van der Waals surface area contributed by atoms with Gasteiger partial charge in [0.05, 0.1) is 6.54 Å². The van der Waals surface area contributed by atoms with E-state index in [9.17, 15) is 4.79 Å². The standard InChI is InChI=1S/C22H17ClN2O3/c23-17-8-6-15(7-9-17)19-11-10-18(28-19)13-25-21(26)14-27-20-5-1-3-16-4-2-12-24-22(16)20/h1-12H,13-14H2,(H,25,26). The van der Waals surface area contributed by atoms with Gasteiger partial charge < -0.3 is 14.5 Å². The van der Waals surface area contributed by atoms with Gasteiger partial charge in [0.2, 0.25) is 0 Å². The van der Waals surface area contributed by atoms with Crippen molar-refractivity contribution >= 4 is 28.4 Å². The van der Waals surface area contributed by atoms with Crippen molar-refractivity contribution in [2.45, 2.75) is 6.54 Å². The highest BCUT2D eigenvalue weighted by Gasteiger charge is 2.09. The summed E-state index contributed by atoms with van der Waals surface area (Å²) in [7, 11) is 0. The van der Waals surface area contributed by atoms with Gasteiger partial charge in [0, 0.05) is 22.2 Å². The summed E-state index contributed by atoms with van der Waals surface area (Å²) in [6.07, 6.45) is 1.70. The number of rotatable bonds is 6. The number of hydrogen-bond donors (Lipinski definition) is 1. The van der Waals surface area contributed by atoms with Crippen molar-refractivity contribution in [3.05, 3.63) is 83.7 Å². The van der Waals surface area contributed by atoms with E-state index in [0.29, 0.717) is 16.5 Å². The van der Waals surface area contributed by atoms with Gasteiger partial charge in [-0.1, -0.05) is 29.8 Å². The Morgan fingerprint density at radius 1 is 1.04 bits per heavy atom. The van der Waals surface area contributed by atoms with Crippen LogP contribution in [0.4, 0.5) is 0 Å². The van der Waals surface area contributed by atoms with Crippen LogP contribution in [-0.4, -0.2) is 17.5 Å². The second-order valence-electron chi connectivity index (χ2n) is 6.17. The molecule has 0 bridgehead atoms. The van der Waals surface area contributed by atoms with E-state index < -0.39 is 0 Å². The molecule has 4 rings (SSSR count). The van der Waals surface area contributed by atoms with Crippen LogP contribution in [-0.2, 0) is 11.3 Å². The van der Waals surface area contributed by atoms with E-state index in [4.69, 9.17) is 20.8 Å². The Hall–Kier alpha value is -3.31. The van der Waals surface area contributed by atoms with Crippen molar-refractivity contribution in [2.75, 3.05) is 6.61 Å². The number of fused-ring (bicyclic) bond motifs is 1. The average Bonchev–Trinajstić information content (AvgIpc) is 3.20. The highest BCUT2D eigenvalue weighted by atomic mass is 35.5.